The van der Waals surface area contributed by atoms with Crippen LogP contribution in [-0.4, -0.2) is 20.8 Å². The van der Waals surface area contributed by atoms with Crippen molar-refractivity contribution in [1.82, 2.24) is 9.97 Å². The average Bonchev–Trinajstić information content (AvgIpc) is 2.39. The summed E-state index contributed by atoms with van der Waals surface area (Å²) >= 11 is 0. The quantitative estimate of drug-likeness (QED) is 0.628. The summed E-state index contributed by atoms with van der Waals surface area (Å²) in [6, 6.07) is 6.37. The number of nitro benzene ring substituents is 1. The van der Waals surface area contributed by atoms with Crippen molar-refractivity contribution in [3.63, 3.8) is 0 Å². The maximum atomic E-state index is 11.7. The Kier molecular flexibility index (Phi) is 3.33. The molecule has 0 atom stereocenters. The minimum atomic E-state index is -0.569. The zero-order valence-electron chi connectivity index (χ0n) is 9.49. The van der Waals surface area contributed by atoms with Gasteiger partial charge < -0.3 is 10.3 Å². The van der Waals surface area contributed by atoms with E-state index in [2.05, 4.69) is 15.3 Å². The van der Waals surface area contributed by atoms with E-state index in [1.807, 2.05) is 0 Å². The molecule has 96 valence electrons. The van der Waals surface area contributed by atoms with Crippen LogP contribution >= 0.6 is 0 Å². The van der Waals surface area contributed by atoms with E-state index in [1.165, 1.54) is 24.3 Å². The molecule has 1 amide bonds. The van der Waals surface area contributed by atoms with E-state index in [0.29, 0.717) is 5.69 Å². The lowest BCUT2D eigenvalue weighted by atomic mass is 10.2. The molecule has 0 unspecified atom stereocenters. The van der Waals surface area contributed by atoms with E-state index in [4.69, 9.17) is 0 Å². The molecule has 0 saturated carbocycles. The zero-order valence-corrected chi connectivity index (χ0v) is 9.49. The molecule has 2 rings (SSSR count). The Bertz CT molecular complexity index is 678. The molecular formula is C11H8N4O4. The number of nitro groups is 1. The van der Waals surface area contributed by atoms with Gasteiger partial charge in [0, 0.05) is 23.9 Å². The van der Waals surface area contributed by atoms with E-state index in [1.54, 1.807) is 0 Å². The molecule has 0 aliphatic carbocycles. The Morgan fingerprint density at radius 3 is 2.58 bits per heavy atom. The van der Waals surface area contributed by atoms with E-state index in [0.717, 1.165) is 12.4 Å². The molecule has 0 aliphatic heterocycles. The summed E-state index contributed by atoms with van der Waals surface area (Å²) in [6.07, 6.45) is 1.12. The maximum absolute atomic E-state index is 11.7. The molecule has 0 bridgehead atoms. The lowest BCUT2D eigenvalue weighted by Crippen LogP contribution is -2.17. The van der Waals surface area contributed by atoms with Gasteiger partial charge in [-0.2, -0.15) is 0 Å². The number of aromatic nitrogens is 2. The van der Waals surface area contributed by atoms with Crippen LogP contribution in [0.15, 0.2) is 41.5 Å². The highest BCUT2D eigenvalue weighted by Crippen LogP contribution is 2.15. The smallest absolute Gasteiger partial charge is 0.274 e. The van der Waals surface area contributed by atoms with Crippen molar-refractivity contribution in [1.29, 1.82) is 0 Å². The van der Waals surface area contributed by atoms with Crippen molar-refractivity contribution in [3.8, 4) is 0 Å². The van der Waals surface area contributed by atoms with Crippen LogP contribution in [0.3, 0.4) is 0 Å². The fraction of sp³-hybridized carbons (Fsp3) is 0. The second kappa shape index (κ2) is 5.08. The number of aromatic amines is 1. The van der Waals surface area contributed by atoms with Crippen molar-refractivity contribution in [2.75, 3.05) is 5.32 Å². The van der Waals surface area contributed by atoms with E-state index in [-0.39, 0.29) is 11.4 Å². The zero-order chi connectivity index (χ0) is 13.8. The highest BCUT2D eigenvalue weighted by molar-refractivity contribution is 6.02. The summed E-state index contributed by atoms with van der Waals surface area (Å²) < 4.78 is 0. The molecule has 0 saturated heterocycles. The summed E-state index contributed by atoms with van der Waals surface area (Å²) in [5.74, 6) is -0.569. The number of amides is 1. The summed E-state index contributed by atoms with van der Waals surface area (Å²) in [5, 5.41) is 12.9. The minimum Gasteiger partial charge on any atom is -0.321 e. The van der Waals surface area contributed by atoms with Gasteiger partial charge in [-0.25, -0.2) is 4.98 Å². The summed E-state index contributed by atoms with van der Waals surface area (Å²) in [6.45, 7) is 0. The third-order valence-corrected chi connectivity index (χ3v) is 2.25. The number of carbonyl (C=O) groups is 1. The van der Waals surface area contributed by atoms with Gasteiger partial charge >= 0.3 is 0 Å². The predicted octanol–water partition coefficient (Wildman–Crippen LogP) is 0.930. The number of benzene rings is 1. The number of hydrogen-bond acceptors (Lipinski definition) is 5. The van der Waals surface area contributed by atoms with Crippen molar-refractivity contribution in [2.24, 2.45) is 0 Å². The van der Waals surface area contributed by atoms with Crippen LogP contribution in [0.25, 0.3) is 0 Å². The Morgan fingerprint density at radius 1 is 1.32 bits per heavy atom. The number of rotatable bonds is 3. The fourth-order valence-corrected chi connectivity index (χ4v) is 1.35. The van der Waals surface area contributed by atoms with Gasteiger partial charge in [-0.05, 0) is 12.1 Å². The monoisotopic (exact) mass is 260 g/mol. The summed E-state index contributed by atoms with van der Waals surface area (Å²) in [5.41, 5.74) is -0.184. The molecular weight excluding hydrogens is 252 g/mol. The summed E-state index contributed by atoms with van der Waals surface area (Å²) in [7, 11) is 0. The van der Waals surface area contributed by atoms with Gasteiger partial charge in [0.1, 0.15) is 5.69 Å². The van der Waals surface area contributed by atoms with Gasteiger partial charge in [-0.15, -0.1) is 0 Å². The maximum Gasteiger partial charge on any atom is 0.274 e. The molecule has 0 aliphatic rings. The van der Waals surface area contributed by atoms with Gasteiger partial charge in [0.25, 0.3) is 17.2 Å². The highest BCUT2D eigenvalue weighted by atomic mass is 16.6. The van der Waals surface area contributed by atoms with Gasteiger partial charge in [0.15, 0.2) is 0 Å². The standard InChI is InChI=1S/C11H8N4O4/c16-10-5-9(12-6-13-10)11(17)14-7-1-3-8(4-2-7)15(18)19/h1-6H,(H,14,17)(H,12,13,16). The third kappa shape index (κ3) is 3.00. The Hall–Kier alpha value is -3.03. The van der Waals surface area contributed by atoms with E-state index >= 15 is 0 Å². The molecule has 2 N–H and O–H groups in total. The molecule has 0 spiro atoms. The number of nitrogens with zero attached hydrogens (tertiary/aromatic N) is 2. The van der Waals surface area contributed by atoms with Crippen molar-refractivity contribution in [2.45, 2.75) is 0 Å². The number of hydrogen-bond donors (Lipinski definition) is 2. The van der Waals surface area contributed by atoms with Gasteiger partial charge in [-0.3, -0.25) is 19.7 Å². The van der Waals surface area contributed by atoms with E-state index < -0.39 is 16.4 Å². The molecule has 1 aromatic heterocycles. The summed E-state index contributed by atoms with van der Waals surface area (Å²) in [4.78, 5) is 38.7. The normalized spacial score (nSPS) is 9.89. The Labute approximate surface area is 106 Å². The first kappa shape index (κ1) is 12.4. The molecule has 1 heterocycles. The highest BCUT2D eigenvalue weighted by Gasteiger charge is 2.09. The molecule has 8 heteroatoms. The van der Waals surface area contributed by atoms with Gasteiger partial charge in [0.05, 0.1) is 11.3 Å². The number of anilines is 1. The van der Waals surface area contributed by atoms with Crippen LogP contribution < -0.4 is 10.9 Å². The van der Waals surface area contributed by atoms with Crippen molar-refractivity contribution < 1.29 is 9.72 Å². The van der Waals surface area contributed by atoms with Crippen LogP contribution in [0.4, 0.5) is 11.4 Å². The van der Waals surface area contributed by atoms with Gasteiger partial charge in [-0.1, -0.05) is 0 Å². The second-order valence-corrected chi connectivity index (χ2v) is 3.55. The lowest BCUT2D eigenvalue weighted by Gasteiger charge is -2.03. The fourth-order valence-electron chi connectivity index (χ4n) is 1.35. The molecule has 19 heavy (non-hydrogen) atoms. The number of H-pyrrole nitrogens is 1. The van der Waals surface area contributed by atoms with Crippen LogP contribution in [0.1, 0.15) is 10.5 Å². The van der Waals surface area contributed by atoms with Crippen LogP contribution in [0.2, 0.25) is 0 Å². The van der Waals surface area contributed by atoms with Crippen molar-refractivity contribution >= 4 is 17.3 Å². The first-order valence-electron chi connectivity index (χ1n) is 5.17. The van der Waals surface area contributed by atoms with Crippen LogP contribution in [0, 0.1) is 10.1 Å². The number of carbonyl (C=O) groups excluding carboxylic acids is 1. The average molecular weight is 260 g/mol. The van der Waals surface area contributed by atoms with Crippen LogP contribution in [0.5, 0.6) is 0 Å². The third-order valence-electron chi connectivity index (χ3n) is 2.25. The largest absolute Gasteiger partial charge is 0.321 e. The minimum absolute atomic E-state index is 0.0397. The van der Waals surface area contributed by atoms with Crippen LogP contribution in [-0.2, 0) is 0 Å². The Balaban J connectivity index is 2.15. The molecule has 0 fully saturated rings. The van der Waals surface area contributed by atoms with E-state index in [9.17, 15) is 19.7 Å². The first-order valence-corrected chi connectivity index (χ1v) is 5.17. The lowest BCUT2D eigenvalue weighted by molar-refractivity contribution is -0.384. The number of nitrogens with one attached hydrogen (secondary N) is 2. The van der Waals surface area contributed by atoms with Crippen molar-refractivity contribution in [3.05, 3.63) is 62.8 Å². The molecule has 8 nitrogen and oxygen atoms in total. The molecule has 2 aromatic rings. The topological polar surface area (TPSA) is 118 Å². The first-order chi connectivity index (χ1) is 9.06. The SMILES string of the molecule is O=C(Nc1ccc([N+](=O)[O-])cc1)c1cc(=O)[nH]cn1. The Morgan fingerprint density at radius 2 is 2.00 bits per heavy atom. The predicted molar refractivity (Wildman–Crippen MR) is 65.9 cm³/mol. The molecule has 0 radical (unpaired) electrons. The second-order valence-electron chi connectivity index (χ2n) is 3.55. The van der Waals surface area contributed by atoms with Gasteiger partial charge in [0.2, 0.25) is 0 Å². The molecule has 1 aromatic carbocycles. The number of non-ortho nitro benzene ring substituents is 1.